The van der Waals surface area contributed by atoms with Crippen LogP contribution in [0.25, 0.3) is 0 Å². The molecule has 0 unspecified atom stereocenters. The molecule has 2 saturated carbocycles. The van der Waals surface area contributed by atoms with Gasteiger partial charge >= 0.3 is 0 Å². The van der Waals surface area contributed by atoms with Crippen LogP contribution in [0, 0.1) is 35.3 Å². The average Bonchev–Trinajstić information content (AvgIpc) is 2.87. The predicted molar refractivity (Wildman–Crippen MR) is 139 cm³/mol. The number of alkyl halides is 2. The van der Waals surface area contributed by atoms with Gasteiger partial charge in [-0.1, -0.05) is 79.1 Å². The van der Waals surface area contributed by atoms with Crippen LogP contribution in [0.4, 0.5) is 17.6 Å². The standard InChI is InChI=1S/C28H42F4O2.C2H6/c1-3-5-21-11-13-22(14-12-21)6-4-17-33-24-15-16-25(27(30)26(24)29)34-19-28(31,32)18-23-9-7-20(2)8-10-23;1-2/h15-16,20-23H,3-14,17-19H2,1-2H3;1-2H3. The molecule has 0 aliphatic heterocycles. The molecule has 2 aliphatic carbocycles. The fourth-order valence-electron chi connectivity index (χ4n) is 5.71. The highest BCUT2D eigenvalue weighted by molar-refractivity contribution is 5.35. The van der Waals surface area contributed by atoms with Gasteiger partial charge in [-0.15, -0.1) is 0 Å². The second kappa shape index (κ2) is 15.7. The van der Waals surface area contributed by atoms with Crippen LogP contribution in [0.1, 0.15) is 111 Å². The summed E-state index contributed by atoms with van der Waals surface area (Å²) >= 11 is 0. The zero-order chi connectivity index (χ0) is 26.6. The van der Waals surface area contributed by atoms with Gasteiger partial charge in [-0.3, -0.25) is 0 Å². The monoisotopic (exact) mass is 516 g/mol. The minimum atomic E-state index is -3.07. The molecule has 3 rings (SSSR count). The Labute approximate surface area is 216 Å². The van der Waals surface area contributed by atoms with Crippen molar-refractivity contribution < 1.29 is 27.0 Å². The summed E-state index contributed by atoms with van der Waals surface area (Å²) in [6.45, 7) is 7.73. The van der Waals surface area contributed by atoms with Crippen molar-refractivity contribution >= 4 is 0 Å². The summed E-state index contributed by atoms with van der Waals surface area (Å²) in [5.74, 6) is -4.11. The molecule has 0 N–H and O–H groups in total. The van der Waals surface area contributed by atoms with Crippen LogP contribution in [0.15, 0.2) is 12.1 Å². The SMILES string of the molecule is CC.CCCC1CCC(CCCOc2ccc(OCC(F)(F)CC3CCC(C)CC3)c(F)c2F)CC1. The molecule has 6 heteroatoms. The van der Waals surface area contributed by atoms with Gasteiger partial charge in [0.1, 0.15) is 0 Å². The molecule has 0 radical (unpaired) electrons. The summed E-state index contributed by atoms with van der Waals surface area (Å²) in [5.41, 5.74) is 0. The third-order valence-electron chi connectivity index (χ3n) is 7.85. The summed E-state index contributed by atoms with van der Waals surface area (Å²) in [7, 11) is 0. The first-order valence-electron chi connectivity index (χ1n) is 14.4. The molecule has 0 saturated heterocycles. The highest BCUT2D eigenvalue weighted by atomic mass is 19.3. The van der Waals surface area contributed by atoms with Crippen molar-refractivity contribution in [1.82, 2.24) is 0 Å². The van der Waals surface area contributed by atoms with Crippen LogP contribution in [0.2, 0.25) is 0 Å². The van der Waals surface area contributed by atoms with Gasteiger partial charge < -0.3 is 9.47 Å². The number of hydrogen-bond donors (Lipinski definition) is 0. The lowest BCUT2D eigenvalue weighted by Crippen LogP contribution is -2.30. The highest BCUT2D eigenvalue weighted by Crippen LogP contribution is 2.37. The lowest BCUT2D eigenvalue weighted by atomic mass is 9.78. The van der Waals surface area contributed by atoms with E-state index in [1.165, 1.54) is 50.7 Å². The summed E-state index contributed by atoms with van der Waals surface area (Å²) in [4.78, 5) is 0. The first kappa shape index (κ1) is 30.8. The molecule has 0 heterocycles. The molecular formula is C30H48F4O2. The topological polar surface area (TPSA) is 18.5 Å². The van der Waals surface area contributed by atoms with Gasteiger partial charge in [-0.25, -0.2) is 8.78 Å². The third kappa shape index (κ3) is 10.1. The summed E-state index contributed by atoms with van der Waals surface area (Å²) < 4.78 is 68.0. The molecule has 1 aromatic rings. The van der Waals surface area contributed by atoms with Crippen molar-refractivity contribution in [3.63, 3.8) is 0 Å². The van der Waals surface area contributed by atoms with Crippen LogP contribution in [0.5, 0.6) is 11.5 Å². The zero-order valence-electron chi connectivity index (χ0n) is 22.9. The Kier molecular flexibility index (Phi) is 13.4. The van der Waals surface area contributed by atoms with Crippen molar-refractivity contribution in [2.24, 2.45) is 23.7 Å². The van der Waals surface area contributed by atoms with E-state index in [0.717, 1.165) is 44.4 Å². The normalized spacial score (nSPS) is 24.6. The quantitative estimate of drug-likeness (QED) is 0.203. The lowest BCUT2D eigenvalue weighted by molar-refractivity contribution is -0.0647. The maximum atomic E-state index is 14.4. The van der Waals surface area contributed by atoms with Crippen LogP contribution in [-0.4, -0.2) is 19.1 Å². The number of benzene rings is 1. The maximum Gasteiger partial charge on any atom is 0.281 e. The summed E-state index contributed by atoms with van der Waals surface area (Å²) in [6, 6.07) is 2.45. The van der Waals surface area contributed by atoms with Gasteiger partial charge in [0.2, 0.25) is 11.6 Å². The van der Waals surface area contributed by atoms with E-state index in [-0.39, 0.29) is 18.1 Å². The first-order valence-corrected chi connectivity index (χ1v) is 14.4. The molecule has 2 aliphatic rings. The van der Waals surface area contributed by atoms with Gasteiger partial charge in [-0.2, -0.15) is 8.78 Å². The molecule has 0 bridgehead atoms. The molecule has 208 valence electrons. The van der Waals surface area contributed by atoms with Crippen molar-refractivity contribution in [1.29, 1.82) is 0 Å². The minimum absolute atomic E-state index is 0.0430. The van der Waals surface area contributed by atoms with E-state index in [1.807, 2.05) is 13.8 Å². The van der Waals surface area contributed by atoms with Gasteiger partial charge in [-0.05, 0) is 61.5 Å². The van der Waals surface area contributed by atoms with Crippen molar-refractivity contribution in [3.05, 3.63) is 23.8 Å². The minimum Gasteiger partial charge on any atom is -0.490 e. The number of ether oxygens (including phenoxy) is 2. The van der Waals surface area contributed by atoms with Crippen LogP contribution < -0.4 is 9.47 Å². The summed E-state index contributed by atoms with van der Waals surface area (Å²) in [6.07, 6.45) is 12.7. The molecule has 2 fully saturated rings. The van der Waals surface area contributed by atoms with E-state index in [4.69, 9.17) is 9.47 Å². The molecule has 0 atom stereocenters. The number of rotatable bonds is 12. The first-order chi connectivity index (χ1) is 17.3. The predicted octanol–water partition coefficient (Wildman–Crippen LogP) is 9.99. The summed E-state index contributed by atoms with van der Waals surface area (Å²) in [5, 5.41) is 0. The number of halogens is 4. The van der Waals surface area contributed by atoms with E-state index in [2.05, 4.69) is 13.8 Å². The molecule has 0 aromatic heterocycles. The van der Waals surface area contributed by atoms with Gasteiger partial charge in [0.25, 0.3) is 5.92 Å². The largest absolute Gasteiger partial charge is 0.490 e. The van der Waals surface area contributed by atoms with Gasteiger partial charge in [0.05, 0.1) is 6.61 Å². The molecular weight excluding hydrogens is 468 g/mol. The maximum absolute atomic E-state index is 14.4. The Hall–Kier alpha value is -1.46. The number of hydrogen-bond acceptors (Lipinski definition) is 2. The second-order valence-electron chi connectivity index (χ2n) is 10.8. The lowest BCUT2D eigenvalue weighted by Gasteiger charge is -2.29. The Morgan fingerprint density at radius 3 is 1.83 bits per heavy atom. The van der Waals surface area contributed by atoms with Crippen molar-refractivity contribution in [2.45, 2.75) is 117 Å². The Morgan fingerprint density at radius 2 is 1.28 bits per heavy atom. The third-order valence-corrected chi connectivity index (χ3v) is 7.85. The van der Waals surface area contributed by atoms with E-state index in [0.29, 0.717) is 18.4 Å². The molecule has 2 nitrogen and oxygen atoms in total. The fraction of sp³-hybridized carbons (Fsp3) is 0.800. The van der Waals surface area contributed by atoms with Crippen LogP contribution in [-0.2, 0) is 0 Å². The smallest absolute Gasteiger partial charge is 0.281 e. The molecule has 1 aromatic carbocycles. The van der Waals surface area contributed by atoms with Gasteiger partial charge in [0.15, 0.2) is 18.1 Å². The average molecular weight is 517 g/mol. The van der Waals surface area contributed by atoms with Crippen LogP contribution >= 0.6 is 0 Å². The molecule has 36 heavy (non-hydrogen) atoms. The molecule has 0 amide bonds. The Bertz CT molecular complexity index is 739. The molecule has 0 spiro atoms. The van der Waals surface area contributed by atoms with Gasteiger partial charge in [0, 0.05) is 6.42 Å². The Morgan fingerprint density at radius 1 is 0.778 bits per heavy atom. The van der Waals surface area contributed by atoms with E-state index in [1.54, 1.807) is 0 Å². The highest BCUT2D eigenvalue weighted by Gasteiger charge is 2.35. The second-order valence-corrected chi connectivity index (χ2v) is 10.8. The van der Waals surface area contributed by atoms with E-state index in [9.17, 15) is 17.6 Å². The zero-order valence-corrected chi connectivity index (χ0v) is 22.9. The van der Waals surface area contributed by atoms with Crippen molar-refractivity contribution in [3.8, 4) is 11.5 Å². The van der Waals surface area contributed by atoms with Crippen molar-refractivity contribution in [2.75, 3.05) is 13.2 Å². The van der Waals surface area contributed by atoms with E-state index < -0.39 is 29.9 Å². The van der Waals surface area contributed by atoms with Crippen LogP contribution in [0.3, 0.4) is 0 Å². The fourth-order valence-corrected chi connectivity index (χ4v) is 5.71. The Balaban J connectivity index is 0.00000222. The van der Waals surface area contributed by atoms with E-state index >= 15 is 0 Å².